The van der Waals surface area contributed by atoms with E-state index in [0.717, 1.165) is 18.5 Å². The summed E-state index contributed by atoms with van der Waals surface area (Å²) in [6.45, 7) is 2.39. The highest BCUT2D eigenvalue weighted by Crippen LogP contribution is 2.28. The van der Waals surface area contributed by atoms with Crippen LogP contribution in [0.2, 0.25) is 0 Å². The van der Waals surface area contributed by atoms with Gasteiger partial charge in [-0.05, 0) is 30.9 Å². The van der Waals surface area contributed by atoms with Crippen LogP contribution >= 0.6 is 0 Å². The number of carbonyl (C=O) groups is 2. The summed E-state index contributed by atoms with van der Waals surface area (Å²) < 4.78 is 0. The lowest BCUT2D eigenvalue weighted by molar-refractivity contribution is -0.129. The number of hydrogen-bond acceptors (Lipinski definition) is 3. The summed E-state index contributed by atoms with van der Waals surface area (Å²) in [6, 6.07) is 8.42. The van der Waals surface area contributed by atoms with Gasteiger partial charge < -0.3 is 15.2 Å². The minimum absolute atomic E-state index is 0.122. The molecule has 24 heavy (non-hydrogen) atoms. The summed E-state index contributed by atoms with van der Waals surface area (Å²) in [5.41, 5.74) is 3.79. The number of nitrogens with zero attached hydrogens (tertiary/aromatic N) is 2. The van der Waals surface area contributed by atoms with Crippen molar-refractivity contribution < 1.29 is 9.59 Å². The molecule has 0 saturated carbocycles. The molecule has 4 rings (SSSR count). The van der Waals surface area contributed by atoms with Gasteiger partial charge in [0, 0.05) is 24.7 Å². The monoisotopic (exact) mass is 324 g/mol. The average molecular weight is 324 g/mol. The number of fused-ring (bicyclic) bond motifs is 1. The number of imidazole rings is 1. The third-order valence-electron chi connectivity index (χ3n) is 5.01. The first-order chi connectivity index (χ1) is 11.6. The standard InChI is InChI=1S/C18H20N4O2/c1-11-17(20-10-19-11)18(24)21-14-8-16(23)22(9-14)15-6-12-4-2-3-5-13(12)7-15/h2-5,10,14-15H,6-9H2,1H3,(H,19,20)(H,21,24)/t14-/m0/s1. The molecule has 0 radical (unpaired) electrons. The molecule has 2 aromatic rings. The Kier molecular flexibility index (Phi) is 3.59. The maximum Gasteiger partial charge on any atom is 0.272 e. The lowest BCUT2D eigenvalue weighted by atomic mass is 10.1. The predicted octanol–water partition coefficient (Wildman–Crippen LogP) is 1.22. The number of carbonyl (C=O) groups excluding carboxylic acids is 2. The molecule has 2 amide bonds. The third kappa shape index (κ3) is 2.58. The molecule has 2 N–H and O–H groups in total. The molecule has 1 saturated heterocycles. The van der Waals surface area contributed by atoms with Crippen LogP contribution in [-0.2, 0) is 17.6 Å². The van der Waals surface area contributed by atoms with Crippen molar-refractivity contribution in [3.05, 3.63) is 53.1 Å². The number of H-pyrrole nitrogens is 1. The SMILES string of the molecule is Cc1[nH]cnc1C(=O)N[C@H]1CC(=O)N(C2Cc3ccccc3C2)C1. The van der Waals surface area contributed by atoms with Crippen molar-refractivity contribution in [1.82, 2.24) is 20.2 Å². The lowest BCUT2D eigenvalue weighted by Gasteiger charge is -2.24. The van der Waals surface area contributed by atoms with Crippen LogP contribution in [0.5, 0.6) is 0 Å². The topological polar surface area (TPSA) is 78.1 Å². The number of amides is 2. The Hall–Kier alpha value is -2.63. The van der Waals surface area contributed by atoms with Gasteiger partial charge >= 0.3 is 0 Å². The van der Waals surface area contributed by atoms with Gasteiger partial charge in [-0.1, -0.05) is 24.3 Å². The molecule has 1 fully saturated rings. The molecule has 1 aromatic carbocycles. The van der Waals surface area contributed by atoms with Crippen LogP contribution in [0.4, 0.5) is 0 Å². The van der Waals surface area contributed by atoms with E-state index in [4.69, 9.17) is 0 Å². The minimum atomic E-state index is -0.219. The van der Waals surface area contributed by atoms with Crippen LogP contribution in [0.25, 0.3) is 0 Å². The lowest BCUT2D eigenvalue weighted by Crippen LogP contribution is -2.41. The number of aromatic amines is 1. The van der Waals surface area contributed by atoms with Crippen molar-refractivity contribution in [2.75, 3.05) is 6.54 Å². The Morgan fingerprint density at radius 2 is 1.96 bits per heavy atom. The van der Waals surface area contributed by atoms with Crippen LogP contribution < -0.4 is 5.32 Å². The molecule has 1 atom stereocenters. The highest BCUT2D eigenvalue weighted by atomic mass is 16.2. The molecular weight excluding hydrogens is 304 g/mol. The Morgan fingerprint density at radius 1 is 1.25 bits per heavy atom. The largest absolute Gasteiger partial charge is 0.348 e. The van der Waals surface area contributed by atoms with E-state index in [2.05, 4.69) is 27.4 Å². The summed E-state index contributed by atoms with van der Waals surface area (Å²) in [5, 5.41) is 2.94. The van der Waals surface area contributed by atoms with Crippen molar-refractivity contribution in [2.45, 2.75) is 38.3 Å². The quantitative estimate of drug-likeness (QED) is 0.891. The van der Waals surface area contributed by atoms with E-state index in [9.17, 15) is 9.59 Å². The summed E-state index contributed by atoms with van der Waals surface area (Å²) in [6.07, 6.45) is 3.68. The Balaban J connectivity index is 1.41. The number of hydrogen-bond donors (Lipinski definition) is 2. The molecule has 1 aliphatic heterocycles. The maximum absolute atomic E-state index is 12.4. The molecule has 6 nitrogen and oxygen atoms in total. The number of likely N-dealkylation sites (tertiary alicyclic amines) is 1. The Morgan fingerprint density at radius 3 is 2.58 bits per heavy atom. The van der Waals surface area contributed by atoms with Gasteiger partial charge in [-0.25, -0.2) is 4.98 Å². The number of rotatable bonds is 3. The van der Waals surface area contributed by atoms with Gasteiger partial charge in [0.05, 0.1) is 12.4 Å². The molecule has 0 bridgehead atoms. The van der Waals surface area contributed by atoms with Gasteiger partial charge in [0.15, 0.2) is 0 Å². The van der Waals surface area contributed by atoms with E-state index in [1.54, 1.807) is 0 Å². The van der Waals surface area contributed by atoms with Crippen LogP contribution in [0.15, 0.2) is 30.6 Å². The fourth-order valence-corrected chi connectivity index (χ4v) is 3.78. The summed E-state index contributed by atoms with van der Waals surface area (Å²) >= 11 is 0. The van der Waals surface area contributed by atoms with Gasteiger partial charge in [0.25, 0.3) is 5.91 Å². The second-order valence-corrected chi connectivity index (χ2v) is 6.63. The molecule has 1 aliphatic carbocycles. The second kappa shape index (κ2) is 5.78. The third-order valence-corrected chi connectivity index (χ3v) is 5.01. The zero-order valence-corrected chi connectivity index (χ0v) is 13.6. The number of benzene rings is 1. The van der Waals surface area contributed by atoms with Crippen LogP contribution in [0.1, 0.15) is 33.7 Å². The Bertz CT molecular complexity index is 773. The van der Waals surface area contributed by atoms with Crippen molar-refractivity contribution in [3.63, 3.8) is 0 Å². The normalized spacial score (nSPS) is 20.5. The molecule has 2 heterocycles. The number of aromatic nitrogens is 2. The number of nitrogens with one attached hydrogen (secondary N) is 2. The van der Waals surface area contributed by atoms with Gasteiger partial charge in [-0.3, -0.25) is 9.59 Å². The van der Waals surface area contributed by atoms with E-state index in [-0.39, 0.29) is 23.9 Å². The van der Waals surface area contributed by atoms with Gasteiger partial charge in [0.2, 0.25) is 5.91 Å². The number of aryl methyl sites for hydroxylation is 1. The molecule has 0 unspecified atom stereocenters. The van der Waals surface area contributed by atoms with Crippen LogP contribution in [-0.4, -0.2) is 45.3 Å². The van der Waals surface area contributed by atoms with Crippen molar-refractivity contribution in [2.24, 2.45) is 0 Å². The van der Waals surface area contributed by atoms with Crippen molar-refractivity contribution in [1.29, 1.82) is 0 Å². The molecule has 1 aromatic heterocycles. The highest BCUT2D eigenvalue weighted by molar-refractivity contribution is 5.94. The molecule has 6 heteroatoms. The molecule has 124 valence electrons. The first-order valence-corrected chi connectivity index (χ1v) is 8.29. The summed E-state index contributed by atoms with van der Waals surface area (Å²) in [7, 11) is 0. The predicted molar refractivity (Wildman–Crippen MR) is 88.5 cm³/mol. The average Bonchev–Trinajstić information content (AvgIpc) is 3.25. The highest BCUT2D eigenvalue weighted by Gasteiger charge is 2.37. The fourth-order valence-electron chi connectivity index (χ4n) is 3.78. The van der Waals surface area contributed by atoms with Crippen LogP contribution in [0.3, 0.4) is 0 Å². The van der Waals surface area contributed by atoms with Crippen LogP contribution in [0, 0.1) is 6.92 Å². The molecular formula is C18H20N4O2. The van der Waals surface area contributed by atoms with E-state index in [0.29, 0.717) is 18.7 Å². The smallest absolute Gasteiger partial charge is 0.272 e. The van der Waals surface area contributed by atoms with E-state index in [1.165, 1.54) is 17.5 Å². The maximum atomic E-state index is 12.4. The Labute approximate surface area is 140 Å². The first kappa shape index (κ1) is 14.9. The first-order valence-electron chi connectivity index (χ1n) is 8.29. The van der Waals surface area contributed by atoms with Crippen molar-refractivity contribution in [3.8, 4) is 0 Å². The molecule has 2 aliphatic rings. The summed E-state index contributed by atoms with van der Waals surface area (Å²) in [5.74, 6) is -0.0973. The van der Waals surface area contributed by atoms with E-state index in [1.807, 2.05) is 24.0 Å². The van der Waals surface area contributed by atoms with Gasteiger partial charge in [-0.2, -0.15) is 0 Å². The van der Waals surface area contributed by atoms with E-state index >= 15 is 0 Å². The van der Waals surface area contributed by atoms with Gasteiger partial charge in [-0.15, -0.1) is 0 Å². The zero-order chi connectivity index (χ0) is 16.7. The van der Waals surface area contributed by atoms with E-state index < -0.39 is 0 Å². The van der Waals surface area contributed by atoms with Crippen molar-refractivity contribution >= 4 is 11.8 Å². The van der Waals surface area contributed by atoms with Gasteiger partial charge in [0.1, 0.15) is 5.69 Å². The molecule has 0 spiro atoms. The minimum Gasteiger partial charge on any atom is -0.348 e. The summed E-state index contributed by atoms with van der Waals surface area (Å²) in [4.78, 5) is 33.5. The fraction of sp³-hybridized carbons (Fsp3) is 0.389. The second-order valence-electron chi connectivity index (χ2n) is 6.63. The zero-order valence-electron chi connectivity index (χ0n) is 13.6.